The predicted molar refractivity (Wildman–Crippen MR) is 120 cm³/mol. The molecule has 2 aromatic heterocycles. The topological polar surface area (TPSA) is 134 Å². The van der Waals surface area contributed by atoms with Crippen molar-refractivity contribution in [2.45, 2.75) is 25.7 Å². The summed E-state index contributed by atoms with van der Waals surface area (Å²) >= 11 is 0. The Morgan fingerprint density at radius 2 is 1.15 bits per heavy atom. The van der Waals surface area contributed by atoms with Crippen molar-refractivity contribution in [3.05, 3.63) is 80.4 Å². The number of carbonyl (C=O) groups excluding carboxylic acids is 2. The minimum absolute atomic E-state index is 0.213. The number of aryl methyl sites for hydroxylation is 2. The molecule has 2 atom stereocenters. The highest BCUT2D eigenvalue weighted by Gasteiger charge is 2.42. The zero-order valence-electron chi connectivity index (χ0n) is 18.4. The van der Waals surface area contributed by atoms with E-state index in [1.807, 2.05) is 38.1 Å². The van der Waals surface area contributed by atoms with Crippen molar-refractivity contribution in [1.29, 1.82) is 0 Å². The van der Waals surface area contributed by atoms with Gasteiger partial charge >= 0.3 is 11.9 Å². The maximum atomic E-state index is 12.6. The molecule has 10 nitrogen and oxygen atoms in total. The van der Waals surface area contributed by atoms with E-state index < -0.39 is 0 Å². The van der Waals surface area contributed by atoms with E-state index in [4.69, 9.17) is 9.47 Å². The van der Waals surface area contributed by atoms with Gasteiger partial charge < -0.3 is 20.1 Å². The Kier molecular flexibility index (Phi) is 3.72. The fourth-order valence-corrected chi connectivity index (χ4v) is 5.52. The Bertz CT molecular complexity index is 1360. The van der Waals surface area contributed by atoms with Crippen molar-refractivity contribution in [3.8, 4) is 0 Å². The van der Waals surface area contributed by atoms with Gasteiger partial charge in [0.05, 0.1) is 22.5 Å². The highest BCUT2D eigenvalue weighted by Crippen LogP contribution is 2.47. The third kappa shape index (κ3) is 2.45. The van der Waals surface area contributed by atoms with Crippen molar-refractivity contribution in [1.82, 2.24) is 20.4 Å². The molecule has 4 aliphatic heterocycles. The summed E-state index contributed by atoms with van der Waals surface area (Å²) in [6, 6.07) is 8.04. The lowest BCUT2D eigenvalue weighted by Gasteiger charge is -2.26. The van der Waals surface area contributed by atoms with Gasteiger partial charge in [-0.15, -0.1) is 0 Å². The van der Waals surface area contributed by atoms with Crippen LogP contribution in [0.25, 0.3) is 0 Å². The van der Waals surface area contributed by atoms with E-state index in [-0.39, 0.29) is 37.0 Å². The van der Waals surface area contributed by atoms with Gasteiger partial charge in [-0.05, 0) is 25.0 Å². The molecule has 0 radical (unpaired) electrons. The van der Waals surface area contributed by atoms with Gasteiger partial charge in [0.1, 0.15) is 13.2 Å². The van der Waals surface area contributed by atoms with Crippen LogP contribution in [-0.4, -0.2) is 45.5 Å². The number of nitrogens with one attached hydrogen (secondary N) is 4. The maximum Gasteiger partial charge on any atom is 0.337 e. The molecule has 0 bridgehead atoms. The van der Waals surface area contributed by atoms with Gasteiger partial charge in [-0.3, -0.25) is 10.2 Å². The summed E-state index contributed by atoms with van der Waals surface area (Å²) in [6.07, 6.45) is 0. The summed E-state index contributed by atoms with van der Waals surface area (Å²) in [5.74, 6) is 0.207. The van der Waals surface area contributed by atoms with Crippen molar-refractivity contribution < 1.29 is 19.1 Å². The SMILES string of the molecule is Cc1[nH]nc2c1C(c1ccc(C3C4=C(COC4=O)Nc4n[nH]c(C)c43)cc1)C1=C(COC1=O)N2. The maximum absolute atomic E-state index is 12.6. The molecule has 0 spiro atoms. The molecule has 3 aromatic rings. The molecule has 0 amide bonds. The molecule has 7 rings (SSSR count). The largest absolute Gasteiger partial charge is 0.456 e. The van der Waals surface area contributed by atoms with Crippen molar-refractivity contribution in [2.75, 3.05) is 23.8 Å². The molecule has 4 aliphatic rings. The van der Waals surface area contributed by atoms with Crippen LogP contribution in [0.15, 0.2) is 46.8 Å². The number of aromatic amines is 2. The molecule has 1 aromatic carbocycles. The van der Waals surface area contributed by atoms with E-state index in [1.165, 1.54) is 0 Å². The minimum Gasteiger partial charge on any atom is -0.456 e. The molecule has 0 fully saturated rings. The zero-order chi connectivity index (χ0) is 23.1. The van der Waals surface area contributed by atoms with Gasteiger partial charge in [-0.25, -0.2) is 9.59 Å². The van der Waals surface area contributed by atoms with Gasteiger partial charge in [0, 0.05) is 34.4 Å². The van der Waals surface area contributed by atoms with E-state index in [1.54, 1.807) is 0 Å². The Morgan fingerprint density at radius 3 is 1.56 bits per heavy atom. The molecule has 0 aliphatic carbocycles. The number of hydrogen-bond acceptors (Lipinski definition) is 8. The molecule has 170 valence electrons. The molecule has 0 saturated carbocycles. The smallest absolute Gasteiger partial charge is 0.337 e. The molecule has 0 saturated heterocycles. The summed E-state index contributed by atoms with van der Waals surface area (Å²) in [7, 11) is 0. The summed E-state index contributed by atoms with van der Waals surface area (Å²) < 4.78 is 10.7. The number of fused-ring (bicyclic) bond motifs is 2. The van der Waals surface area contributed by atoms with Crippen LogP contribution >= 0.6 is 0 Å². The normalized spacial score (nSPS) is 22.4. The standard InChI is InChI=1S/C24H20N6O4/c1-9-15-17(19-13(7-33-23(19)31)25-21(15)29-27-9)11-3-5-12(6-4-11)18-16-10(2)28-30-22(16)26-14-8-34-24(32)20(14)18/h3-6,17-18H,7-8H2,1-2H3,(H2,25,27,29)(H2,26,28,30). The van der Waals surface area contributed by atoms with Crippen LogP contribution in [0.2, 0.25) is 0 Å². The molecule has 4 N–H and O–H groups in total. The molecule has 6 heterocycles. The Hall–Kier alpha value is -4.34. The van der Waals surface area contributed by atoms with Crippen LogP contribution in [0.5, 0.6) is 0 Å². The number of aromatic nitrogens is 4. The van der Waals surface area contributed by atoms with E-state index in [0.29, 0.717) is 22.8 Å². The number of rotatable bonds is 2. The lowest BCUT2D eigenvalue weighted by atomic mass is 9.79. The second-order valence-electron chi connectivity index (χ2n) is 8.94. The number of anilines is 2. The molecular weight excluding hydrogens is 436 g/mol. The first-order valence-electron chi connectivity index (χ1n) is 11.0. The Morgan fingerprint density at radius 1 is 0.735 bits per heavy atom. The van der Waals surface area contributed by atoms with Crippen LogP contribution in [0.3, 0.4) is 0 Å². The van der Waals surface area contributed by atoms with Gasteiger partial charge in [0.2, 0.25) is 0 Å². The Balaban J connectivity index is 1.35. The quantitative estimate of drug-likeness (QED) is 0.432. The number of cyclic esters (lactones) is 2. The fourth-order valence-electron chi connectivity index (χ4n) is 5.52. The van der Waals surface area contributed by atoms with Gasteiger partial charge in [0.25, 0.3) is 0 Å². The summed E-state index contributed by atoms with van der Waals surface area (Å²) in [5.41, 5.74) is 8.28. The van der Waals surface area contributed by atoms with E-state index in [0.717, 1.165) is 45.0 Å². The summed E-state index contributed by atoms with van der Waals surface area (Å²) in [6.45, 7) is 4.31. The van der Waals surface area contributed by atoms with E-state index >= 15 is 0 Å². The van der Waals surface area contributed by atoms with Crippen LogP contribution in [0, 0.1) is 13.8 Å². The number of H-pyrrole nitrogens is 2. The zero-order valence-corrected chi connectivity index (χ0v) is 18.4. The first kappa shape index (κ1) is 19.2. The lowest BCUT2D eigenvalue weighted by Crippen LogP contribution is -2.21. The first-order chi connectivity index (χ1) is 16.5. The number of esters is 2. The van der Waals surface area contributed by atoms with Crippen LogP contribution < -0.4 is 10.6 Å². The highest BCUT2D eigenvalue weighted by atomic mass is 16.5. The fraction of sp³-hybridized carbons (Fsp3) is 0.250. The minimum atomic E-state index is -0.316. The average molecular weight is 456 g/mol. The van der Waals surface area contributed by atoms with E-state index in [9.17, 15) is 9.59 Å². The van der Waals surface area contributed by atoms with Crippen LogP contribution in [0.1, 0.15) is 45.5 Å². The summed E-state index contributed by atoms with van der Waals surface area (Å²) in [4.78, 5) is 25.3. The highest BCUT2D eigenvalue weighted by molar-refractivity contribution is 5.98. The van der Waals surface area contributed by atoms with Gasteiger partial charge in [-0.2, -0.15) is 10.2 Å². The second kappa shape index (κ2) is 6.60. The number of benzene rings is 1. The van der Waals surface area contributed by atoms with Crippen LogP contribution in [-0.2, 0) is 19.1 Å². The van der Waals surface area contributed by atoms with E-state index in [2.05, 4.69) is 31.0 Å². The monoisotopic (exact) mass is 456 g/mol. The molecular formula is C24H20N6O4. The summed E-state index contributed by atoms with van der Waals surface area (Å²) in [5, 5.41) is 21.3. The van der Waals surface area contributed by atoms with Crippen molar-refractivity contribution >= 4 is 23.6 Å². The third-order valence-corrected chi connectivity index (χ3v) is 7.07. The number of nitrogens with zero attached hydrogens (tertiary/aromatic N) is 2. The molecule has 2 unspecified atom stereocenters. The third-order valence-electron chi connectivity index (χ3n) is 7.07. The number of ether oxygens (including phenoxy) is 2. The van der Waals surface area contributed by atoms with Gasteiger partial charge in [-0.1, -0.05) is 24.3 Å². The molecule has 34 heavy (non-hydrogen) atoms. The average Bonchev–Trinajstić information content (AvgIpc) is 3.60. The Labute approximate surface area is 193 Å². The predicted octanol–water partition coefficient (Wildman–Crippen LogP) is 2.49. The van der Waals surface area contributed by atoms with Crippen molar-refractivity contribution in [3.63, 3.8) is 0 Å². The number of carbonyl (C=O) groups is 2. The van der Waals surface area contributed by atoms with Crippen LogP contribution in [0.4, 0.5) is 11.6 Å². The second-order valence-corrected chi connectivity index (χ2v) is 8.94. The lowest BCUT2D eigenvalue weighted by molar-refractivity contribution is -0.137. The van der Waals surface area contributed by atoms with Gasteiger partial charge in [0.15, 0.2) is 11.6 Å². The molecule has 10 heteroatoms. The first-order valence-corrected chi connectivity index (χ1v) is 11.0. The number of hydrogen-bond donors (Lipinski definition) is 4. The van der Waals surface area contributed by atoms with Crippen molar-refractivity contribution in [2.24, 2.45) is 0 Å².